The smallest absolute Gasteiger partial charge is 0.120 e. The largest absolute Gasteiger partial charge is 0.382 e. The summed E-state index contributed by atoms with van der Waals surface area (Å²) in [7, 11) is 1.70. The van der Waals surface area contributed by atoms with Crippen molar-refractivity contribution in [1.82, 2.24) is 0 Å². The number of aliphatic imine (C=N–C) groups is 1. The Labute approximate surface area is 91.0 Å². The fraction of sp³-hybridized carbons (Fsp3) is 0.308. The van der Waals surface area contributed by atoms with Gasteiger partial charge >= 0.3 is 0 Å². The lowest BCUT2D eigenvalue weighted by Gasteiger charge is -2.10. The molecule has 0 amide bonds. The van der Waals surface area contributed by atoms with E-state index < -0.39 is 6.10 Å². The summed E-state index contributed by atoms with van der Waals surface area (Å²) in [6.45, 7) is 2.05. The first-order chi connectivity index (χ1) is 7.29. The van der Waals surface area contributed by atoms with Gasteiger partial charge in [-0.1, -0.05) is 43.3 Å². The highest BCUT2D eigenvalue weighted by Crippen LogP contribution is 2.14. The minimum atomic E-state index is -0.626. The predicted octanol–water partition coefficient (Wildman–Crippen LogP) is 2.76. The number of nitrogens with zero attached hydrogens (tertiary/aromatic N) is 1. The van der Waals surface area contributed by atoms with Gasteiger partial charge in [0.05, 0.1) is 5.71 Å². The van der Waals surface area contributed by atoms with E-state index in [0.717, 1.165) is 12.0 Å². The molecule has 0 aliphatic carbocycles. The minimum Gasteiger partial charge on any atom is -0.382 e. The zero-order valence-corrected chi connectivity index (χ0v) is 9.22. The molecule has 1 aromatic carbocycles. The predicted molar refractivity (Wildman–Crippen MR) is 64.2 cm³/mol. The molecular formula is C13H17NO. The molecule has 15 heavy (non-hydrogen) atoms. The quantitative estimate of drug-likeness (QED) is 0.750. The van der Waals surface area contributed by atoms with E-state index in [0.29, 0.717) is 5.71 Å². The summed E-state index contributed by atoms with van der Waals surface area (Å²) >= 11 is 0. The maximum atomic E-state index is 10.0. The van der Waals surface area contributed by atoms with Gasteiger partial charge in [-0.3, -0.25) is 4.99 Å². The monoisotopic (exact) mass is 203 g/mol. The zero-order valence-electron chi connectivity index (χ0n) is 9.22. The maximum Gasteiger partial charge on any atom is 0.120 e. The first-order valence-corrected chi connectivity index (χ1v) is 5.15. The molecule has 1 aromatic rings. The van der Waals surface area contributed by atoms with E-state index in [9.17, 15) is 5.11 Å². The van der Waals surface area contributed by atoms with E-state index >= 15 is 0 Å². The summed E-state index contributed by atoms with van der Waals surface area (Å²) in [4.78, 5) is 4.08. The lowest BCUT2D eigenvalue weighted by molar-refractivity contribution is 0.248. The molecule has 0 radical (unpaired) electrons. The molecule has 1 rings (SSSR count). The molecule has 1 atom stereocenters. The Kier molecular flexibility index (Phi) is 4.78. The van der Waals surface area contributed by atoms with Crippen LogP contribution < -0.4 is 0 Å². The molecular weight excluding hydrogens is 186 g/mol. The van der Waals surface area contributed by atoms with Crippen molar-refractivity contribution in [2.75, 3.05) is 7.05 Å². The summed E-state index contributed by atoms with van der Waals surface area (Å²) in [5, 5.41) is 10.0. The Morgan fingerprint density at radius 1 is 1.40 bits per heavy atom. The van der Waals surface area contributed by atoms with Gasteiger partial charge in [0.2, 0.25) is 0 Å². The summed E-state index contributed by atoms with van der Waals surface area (Å²) in [5.41, 5.74) is 1.57. The average molecular weight is 203 g/mol. The molecule has 0 aliphatic heterocycles. The second-order valence-electron chi connectivity index (χ2n) is 3.27. The van der Waals surface area contributed by atoms with Crippen molar-refractivity contribution in [2.45, 2.75) is 19.4 Å². The zero-order chi connectivity index (χ0) is 11.1. The topological polar surface area (TPSA) is 32.6 Å². The fourth-order valence-electron chi connectivity index (χ4n) is 1.33. The minimum absolute atomic E-state index is 0.626. The molecule has 0 heterocycles. The van der Waals surface area contributed by atoms with Crippen molar-refractivity contribution in [3.63, 3.8) is 0 Å². The third-order valence-corrected chi connectivity index (χ3v) is 2.18. The van der Waals surface area contributed by atoms with Gasteiger partial charge in [0, 0.05) is 7.05 Å². The Morgan fingerprint density at radius 3 is 2.60 bits per heavy atom. The summed E-state index contributed by atoms with van der Waals surface area (Å²) in [5.74, 6) is 0. The third kappa shape index (κ3) is 3.33. The van der Waals surface area contributed by atoms with E-state index in [4.69, 9.17) is 0 Å². The molecule has 0 fully saturated rings. The molecule has 0 bridgehead atoms. The normalized spacial score (nSPS) is 14.5. The van der Waals surface area contributed by atoms with Gasteiger partial charge < -0.3 is 5.11 Å². The molecule has 2 heteroatoms. The van der Waals surface area contributed by atoms with E-state index in [-0.39, 0.29) is 0 Å². The third-order valence-electron chi connectivity index (χ3n) is 2.18. The van der Waals surface area contributed by atoms with E-state index in [1.807, 2.05) is 42.5 Å². The molecule has 0 saturated heterocycles. The fourth-order valence-corrected chi connectivity index (χ4v) is 1.33. The van der Waals surface area contributed by atoms with Gasteiger partial charge in [-0.05, 0) is 18.1 Å². The van der Waals surface area contributed by atoms with Crippen LogP contribution >= 0.6 is 0 Å². The SMILES string of the molecule is CC/C=C\C(=NC)C(O)c1ccccc1. The van der Waals surface area contributed by atoms with Gasteiger partial charge in [-0.25, -0.2) is 0 Å². The molecule has 0 spiro atoms. The van der Waals surface area contributed by atoms with Crippen LogP contribution in [0.2, 0.25) is 0 Å². The standard InChI is InChI=1S/C13H17NO/c1-3-4-10-12(14-2)13(15)11-8-6-5-7-9-11/h4-10,13,15H,3H2,1-2H3/b10-4-,14-12?. The maximum absolute atomic E-state index is 10.0. The van der Waals surface area contributed by atoms with Crippen LogP contribution in [0.25, 0.3) is 0 Å². The van der Waals surface area contributed by atoms with Crippen molar-refractivity contribution >= 4 is 5.71 Å². The molecule has 0 aromatic heterocycles. The van der Waals surface area contributed by atoms with Crippen LogP contribution in [0.3, 0.4) is 0 Å². The Bertz CT molecular complexity index is 341. The van der Waals surface area contributed by atoms with Gasteiger partial charge in [0.15, 0.2) is 0 Å². The molecule has 0 saturated carbocycles. The van der Waals surface area contributed by atoms with Gasteiger partial charge in [-0.15, -0.1) is 0 Å². The van der Waals surface area contributed by atoms with Crippen LogP contribution in [-0.4, -0.2) is 17.9 Å². The van der Waals surface area contributed by atoms with Crippen LogP contribution in [0.15, 0.2) is 47.5 Å². The Morgan fingerprint density at radius 2 is 2.07 bits per heavy atom. The van der Waals surface area contributed by atoms with Crippen LogP contribution in [0.5, 0.6) is 0 Å². The van der Waals surface area contributed by atoms with Crippen LogP contribution in [0, 0.1) is 0 Å². The molecule has 2 nitrogen and oxygen atoms in total. The van der Waals surface area contributed by atoms with Gasteiger partial charge in [0.25, 0.3) is 0 Å². The highest BCUT2D eigenvalue weighted by atomic mass is 16.3. The van der Waals surface area contributed by atoms with E-state index in [2.05, 4.69) is 11.9 Å². The van der Waals surface area contributed by atoms with Crippen molar-refractivity contribution < 1.29 is 5.11 Å². The highest BCUT2D eigenvalue weighted by molar-refractivity contribution is 5.98. The number of benzene rings is 1. The van der Waals surface area contributed by atoms with Crippen LogP contribution in [-0.2, 0) is 0 Å². The number of allylic oxidation sites excluding steroid dienone is 1. The lowest BCUT2D eigenvalue weighted by atomic mass is 10.0. The van der Waals surface area contributed by atoms with Crippen molar-refractivity contribution in [2.24, 2.45) is 4.99 Å². The van der Waals surface area contributed by atoms with E-state index in [1.165, 1.54) is 0 Å². The van der Waals surface area contributed by atoms with Crippen molar-refractivity contribution in [1.29, 1.82) is 0 Å². The summed E-state index contributed by atoms with van der Waals surface area (Å²) in [6.07, 6.45) is 4.19. The summed E-state index contributed by atoms with van der Waals surface area (Å²) < 4.78 is 0. The van der Waals surface area contributed by atoms with E-state index in [1.54, 1.807) is 7.05 Å². The number of hydrogen-bond donors (Lipinski definition) is 1. The molecule has 0 aliphatic rings. The number of hydrogen-bond acceptors (Lipinski definition) is 2. The Hall–Kier alpha value is -1.41. The van der Waals surface area contributed by atoms with Gasteiger partial charge in [-0.2, -0.15) is 0 Å². The van der Waals surface area contributed by atoms with Gasteiger partial charge in [0.1, 0.15) is 6.10 Å². The lowest BCUT2D eigenvalue weighted by Crippen LogP contribution is -2.09. The van der Waals surface area contributed by atoms with Crippen LogP contribution in [0.4, 0.5) is 0 Å². The van der Waals surface area contributed by atoms with Crippen molar-refractivity contribution in [3.05, 3.63) is 48.0 Å². The molecule has 1 unspecified atom stereocenters. The Balaban J connectivity index is 2.83. The first kappa shape index (κ1) is 11.7. The van der Waals surface area contributed by atoms with Crippen molar-refractivity contribution in [3.8, 4) is 0 Å². The number of rotatable bonds is 4. The number of aliphatic hydroxyl groups is 1. The number of aliphatic hydroxyl groups excluding tert-OH is 1. The van der Waals surface area contributed by atoms with Crippen LogP contribution in [0.1, 0.15) is 25.0 Å². The first-order valence-electron chi connectivity index (χ1n) is 5.15. The molecule has 1 N–H and O–H groups in total. The average Bonchev–Trinajstić information content (AvgIpc) is 2.31. The molecule has 80 valence electrons. The second-order valence-corrected chi connectivity index (χ2v) is 3.27. The second kappa shape index (κ2) is 6.14. The highest BCUT2D eigenvalue weighted by Gasteiger charge is 2.10. The summed E-state index contributed by atoms with van der Waals surface area (Å²) in [6, 6.07) is 9.55.